The fourth-order valence-electron chi connectivity index (χ4n) is 5.71. The number of ether oxygens (including phenoxy) is 2. The topological polar surface area (TPSA) is 108 Å². The van der Waals surface area contributed by atoms with E-state index in [1.165, 1.54) is 29.0 Å². The van der Waals surface area contributed by atoms with Crippen molar-refractivity contribution >= 4 is 65.6 Å². The van der Waals surface area contributed by atoms with Crippen LogP contribution < -0.4 is 10.6 Å². The number of carbonyl (C=O) groups is 2. The van der Waals surface area contributed by atoms with Gasteiger partial charge in [0, 0.05) is 43.8 Å². The lowest BCUT2D eigenvalue weighted by molar-refractivity contribution is -0.151. The van der Waals surface area contributed by atoms with E-state index in [1.54, 1.807) is 0 Å². The van der Waals surface area contributed by atoms with Gasteiger partial charge in [-0.05, 0) is 69.0 Å². The minimum Gasteiger partial charge on any atom is -0.467 e. The summed E-state index contributed by atoms with van der Waals surface area (Å²) >= 11 is 6.95. The van der Waals surface area contributed by atoms with Crippen LogP contribution in [0, 0.1) is 0 Å². The molecule has 4 N–H and O–H groups in total. The van der Waals surface area contributed by atoms with Crippen LogP contribution in [-0.2, 0) is 43.0 Å². The first-order valence-corrected chi connectivity index (χ1v) is 14.6. The molecule has 0 aliphatic carbocycles. The van der Waals surface area contributed by atoms with Gasteiger partial charge in [0.05, 0.1) is 25.1 Å². The third-order valence-electron chi connectivity index (χ3n) is 7.72. The number of nitrogens with one attached hydrogen (secondary N) is 4. The van der Waals surface area contributed by atoms with Crippen molar-refractivity contribution in [1.82, 2.24) is 20.6 Å². The number of methoxy groups -OCH3 is 1. The van der Waals surface area contributed by atoms with Crippen molar-refractivity contribution in [3.63, 3.8) is 0 Å². The Bertz CT molecular complexity index is 1580. The molecule has 10 heteroatoms. The molecule has 39 heavy (non-hydrogen) atoms. The molecule has 2 atom stereocenters. The first-order chi connectivity index (χ1) is 18.6. The molecule has 2 aromatic heterocycles. The molecular formula is C29H32Br2N4O4. The SMILES string of the molecule is CCOC(=O)C1(C)NCCc2c1[nH]c1cc(Br)ccc21.COC(=O)C1(C)NCCc2c1[nH]c1cc(Br)ccc21. The third kappa shape index (κ3) is 4.81. The van der Waals surface area contributed by atoms with Crippen molar-refractivity contribution in [3.8, 4) is 0 Å². The third-order valence-corrected chi connectivity index (χ3v) is 8.71. The van der Waals surface area contributed by atoms with Crippen molar-refractivity contribution in [2.75, 3.05) is 26.8 Å². The second-order valence-corrected chi connectivity index (χ2v) is 12.0. The number of rotatable bonds is 3. The fraction of sp³-hybridized carbons (Fsp3) is 0.379. The molecule has 2 aliphatic heterocycles. The second kappa shape index (κ2) is 10.7. The van der Waals surface area contributed by atoms with Gasteiger partial charge >= 0.3 is 11.9 Å². The van der Waals surface area contributed by atoms with Gasteiger partial charge in [0.25, 0.3) is 0 Å². The molecule has 2 unspecified atom stereocenters. The quantitative estimate of drug-likeness (QED) is 0.222. The van der Waals surface area contributed by atoms with Gasteiger partial charge in [-0.25, -0.2) is 9.59 Å². The summed E-state index contributed by atoms with van der Waals surface area (Å²) in [6, 6.07) is 12.3. The number of esters is 2. The lowest BCUT2D eigenvalue weighted by atomic mass is 9.88. The van der Waals surface area contributed by atoms with Crippen LogP contribution in [0.4, 0.5) is 0 Å². The molecule has 4 aromatic rings. The van der Waals surface area contributed by atoms with Crippen LogP contribution in [0.2, 0.25) is 0 Å². The standard InChI is InChI=1S/C15H17BrN2O2.C14H15BrN2O2/c1-3-20-14(19)15(2)13-11(6-7-17-15)10-5-4-9(16)8-12(10)18-13;1-14(13(18)19-2)12-10(5-6-16-14)9-4-3-8(15)7-11(9)17-12/h4-5,8,17-18H,3,6-7H2,1-2H3;3-4,7,16-17H,5-6H2,1-2H3. The smallest absolute Gasteiger partial charge is 0.332 e. The average molecular weight is 660 g/mol. The van der Waals surface area contributed by atoms with Crippen molar-refractivity contribution < 1.29 is 19.1 Å². The average Bonchev–Trinajstić information content (AvgIpc) is 3.48. The van der Waals surface area contributed by atoms with Gasteiger partial charge < -0.3 is 19.4 Å². The van der Waals surface area contributed by atoms with Crippen LogP contribution in [0.15, 0.2) is 45.3 Å². The first-order valence-electron chi connectivity index (χ1n) is 13.0. The number of aromatic nitrogens is 2. The summed E-state index contributed by atoms with van der Waals surface area (Å²) in [6.45, 7) is 7.49. The number of benzene rings is 2. The van der Waals surface area contributed by atoms with Gasteiger partial charge in [-0.3, -0.25) is 10.6 Å². The predicted molar refractivity (Wildman–Crippen MR) is 159 cm³/mol. The van der Waals surface area contributed by atoms with E-state index >= 15 is 0 Å². The van der Waals surface area contributed by atoms with Gasteiger partial charge in [-0.2, -0.15) is 0 Å². The lowest BCUT2D eigenvalue weighted by Crippen LogP contribution is -2.51. The normalized spacial score (nSPS) is 22.0. The van der Waals surface area contributed by atoms with Crippen LogP contribution >= 0.6 is 31.9 Å². The number of carbonyl (C=O) groups excluding carboxylic acids is 2. The molecule has 4 heterocycles. The minimum atomic E-state index is -0.798. The summed E-state index contributed by atoms with van der Waals surface area (Å²) in [5.41, 5.74) is 4.75. The van der Waals surface area contributed by atoms with Crippen LogP contribution in [0.1, 0.15) is 43.3 Å². The Morgan fingerprint density at radius 2 is 1.28 bits per heavy atom. The highest BCUT2D eigenvalue weighted by Gasteiger charge is 2.43. The van der Waals surface area contributed by atoms with E-state index in [0.717, 1.165) is 57.3 Å². The van der Waals surface area contributed by atoms with Crippen molar-refractivity contribution in [2.24, 2.45) is 0 Å². The number of halogens is 2. The Morgan fingerprint density at radius 1 is 0.821 bits per heavy atom. The van der Waals surface area contributed by atoms with Crippen molar-refractivity contribution in [3.05, 3.63) is 67.9 Å². The molecule has 0 spiro atoms. The van der Waals surface area contributed by atoms with E-state index in [-0.39, 0.29) is 11.9 Å². The van der Waals surface area contributed by atoms with Crippen LogP contribution in [-0.4, -0.2) is 48.7 Å². The van der Waals surface area contributed by atoms with Gasteiger partial charge in [0.1, 0.15) is 0 Å². The largest absolute Gasteiger partial charge is 0.467 e. The number of hydrogen-bond donors (Lipinski definition) is 4. The Kier molecular flexibility index (Phi) is 7.67. The number of fused-ring (bicyclic) bond motifs is 6. The van der Waals surface area contributed by atoms with E-state index in [2.05, 4.69) is 64.6 Å². The van der Waals surface area contributed by atoms with E-state index in [0.29, 0.717) is 6.61 Å². The zero-order chi connectivity index (χ0) is 27.9. The molecule has 8 nitrogen and oxygen atoms in total. The van der Waals surface area contributed by atoms with Gasteiger partial charge in [-0.1, -0.05) is 44.0 Å². The number of hydrogen-bond acceptors (Lipinski definition) is 6. The summed E-state index contributed by atoms with van der Waals surface area (Å²) in [6.07, 6.45) is 1.81. The van der Waals surface area contributed by atoms with Crippen LogP contribution in [0.5, 0.6) is 0 Å². The van der Waals surface area contributed by atoms with E-state index < -0.39 is 11.1 Å². The molecule has 2 aliphatic rings. The van der Waals surface area contributed by atoms with E-state index in [1.807, 2.05) is 45.0 Å². The fourth-order valence-corrected chi connectivity index (χ4v) is 6.43. The molecule has 6 rings (SSSR count). The highest BCUT2D eigenvalue weighted by Crippen LogP contribution is 2.36. The van der Waals surface area contributed by atoms with Gasteiger partial charge in [-0.15, -0.1) is 0 Å². The summed E-state index contributed by atoms with van der Waals surface area (Å²) < 4.78 is 12.2. The number of H-pyrrole nitrogens is 2. The molecule has 206 valence electrons. The minimum absolute atomic E-state index is 0.230. The Labute approximate surface area is 243 Å². The van der Waals surface area contributed by atoms with Crippen LogP contribution in [0.3, 0.4) is 0 Å². The maximum Gasteiger partial charge on any atom is 0.332 e. The molecule has 0 fully saturated rings. The van der Waals surface area contributed by atoms with Gasteiger partial charge in [0.2, 0.25) is 0 Å². The highest BCUT2D eigenvalue weighted by atomic mass is 79.9. The Morgan fingerprint density at radius 3 is 1.72 bits per heavy atom. The molecule has 0 saturated heterocycles. The lowest BCUT2D eigenvalue weighted by Gasteiger charge is -2.32. The highest BCUT2D eigenvalue weighted by molar-refractivity contribution is 9.10. The van der Waals surface area contributed by atoms with Gasteiger partial charge in [0.15, 0.2) is 11.1 Å². The maximum atomic E-state index is 12.3. The van der Waals surface area contributed by atoms with E-state index in [9.17, 15) is 9.59 Å². The molecule has 0 bridgehead atoms. The van der Waals surface area contributed by atoms with E-state index in [4.69, 9.17) is 9.47 Å². The molecule has 0 saturated carbocycles. The summed E-state index contributed by atoms with van der Waals surface area (Å²) in [7, 11) is 1.42. The summed E-state index contributed by atoms with van der Waals surface area (Å²) in [4.78, 5) is 31.2. The molecular weight excluding hydrogens is 628 g/mol. The second-order valence-electron chi connectivity index (χ2n) is 10.2. The first kappa shape index (κ1) is 27.9. The Hall–Kier alpha value is -2.66. The zero-order valence-corrected chi connectivity index (χ0v) is 25.6. The van der Waals surface area contributed by atoms with Crippen molar-refractivity contribution in [1.29, 1.82) is 0 Å². The number of aromatic amines is 2. The Balaban J connectivity index is 0.000000158. The van der Waals surface area contributed by atoms with Crippen LogP contribution in [0.25, 0.3) is 21.8 Å². The molecule has 0 radical (unpaired) electrons. The maximum absolute atomic E-state index is 12.3. The molecule has 0 amide bonds. The molecule has 2 aromatic carbocycles. The zero-order valence-electron chi connectivity index (χ0n) is 22.4. The van der Waals surface area contributed by atoms with Crippen molar-refractivity contribution in [2.45, 2.75) is 44.7 Å². The monoisotopic (exact) mass is 658 g/mol. The predicted octanol–water partition coefficient (Wildman–Crippen LogP) is 5.32. The summed E-state index contributed by atoms with van der Waals surface area (Å²) in [5.74, 6) is -0.495. The summed E-state index contributed by atoms with van der Waals surface area (Å²) in [5, 5.41) is 8.91.